The standard InChI is InChI=1S/C15H23NOS2/c1-15(19-3,16-8-10-17-11-9-16)12-13-4-6-14(18-2)7-5-13/h4-7H,8-12H2,1-3H3. The molecule has 0 bridgehead atoms. The van der Waals surface area contributed by atoms with Gasteiger partial charge in [0.1, 0.15) is 0 Å². The van der Waals surface area contributed by atoms with Crippen molar-refractivity contribution in [2.75, 3.05) is 38.8 Å². The van der Waals surface area contributed by atoms with Gasteiger partial charge >= 0.3 is 0 Å². The molecule has 0 N–H and O–H groups in total. The van der Waals surface area contributed by atoms with Gasteiger partial charge < -0.3 is 4.74 Å². The number of hydrogen-bond donors (Lipinski definition) is 0. The number of hydrogen-bond acceptors (Lipinski definition) is 4. The smallest absolute Gasteiger partial charge is 0.0681 e. The minimum atomic E-state index is 0.171. The Morgan fingerprint density at radius 3 is 2.32 bits per heavy atom. The first kappa shape index (κ1) is 15.2. The summed E-state index contributed by atoms with van der Waals surface area (Å²) >= 11 is 3.75. The molecule has 1 aromatic carbocycles. The summed E-state index contributed by atoms with van der Waals surface area (Å²) in [6.45, 7) is 6.16. The molecule has 1 atom stereocenters. The predicted molar refractivity (Wildman–Crippen MR) is 86.2 cm³/mol. The van der Waals surface area contributed by atoms with Gasteiger partial charge in [-0.05, 0) is 43.6 Å². The van der Waals surface area contributed by atoms with Crippen LogP contribution in [-0.4, -0.2) is 48.6 Å². The van der Waals surface area contributed by atoms with Crippen molar-refractivity contribution in [1.29, 1.82) is 0 Å². The van der Waals surface area contributed by atoms with Crippen LogP contribution in [0.25, 0.3) is 0 Å². The van der Waals surface area contributed by atoms with Gasteiger partial charge in [0.05, 0.1) is 18.1 Å². The lowest BCUT2D eigenvalue weighted by molar-refractivity contribution is 0.0118. The fourth-order valence-corrected chi connectivity index (χ4v) is 3.63. The van der Waals surface area contributed by atoms with E-state index in [0.29, 0.717) is 0 Å². The molecule has 0 spiro atoms. The van der Waals surface area contributed by atoms with Crippen LogP contribution in [0.15, 0.2) is 29.2 Å². The molecule has 2 rings (SSSR count). The molecule has 1 fully saturated rings. The van der Waals surface area contributed by atoms with Crippen molar-refractivity contribution in [3.63, 3.8) is 0 Å². The average Bonchev–Trinajstić information content (AvgIpc) is 2.49. The highest BCUT2D eigenvalue weighted by Gasteiger charge is 2.32. The van der Waals surface area contributed by atoms with Gasteiger partial charge in [0.15, 0.2) is 0 Å². The van der Waals surface area contributed by atoms with E-state index >= 15 is 0 Å². The van der Waals surface area contributed by atoms with E-state index < -0.39 is 0 Å². The van der Waals surface area contributed by atoms with E-state index in [9.17, 15) is 0 Å². The van der Waals surface area contributed by atoms with E-state index in [1.165, 1.54) is 10.5 Å². The van der Waals surface area contributed by atoms with Crippen LogP contribution < -0.4 is 0 Å². The lowest BCUT2D eigenvalue weighted by Gasteiger charge is -2.42. The third kappa shape index (κ3) is 3.91. The van der Waals surface area contributed by atoms with Gasteiger partial charge in [-0.2, -0.15) is 0 Å². The second kappa shape index (κ2) is 7.02. The highest BCUT2D eigenvalue weighted by atomic mass is 32.2. The van der Waals surface area contributed by atoms with Gasteiger partial charge in [0.2, 0.25) is 0 Å². The highest BCUT2D eigenvalue weighted by Crippen LogP contribution is 2.32. The minimum Gasteiger partial charge on any atom is -0.379 e. The molecule has 1 aliphatic rings. The molecule has 0 aromatic heterocycles. The van der Waals surface area contributed by atoms with Gasteiger partial charge in [-0.1, -0.05) is 12.1 Å². The second-order valence-corrected chi connectivity index (χ2v) is 7.17. The van der Waals surface area contributed by atoms with Gasteiger partial charge in [0, 0.05) is 18.0 Å². The summed E-state index contributed by atoms with van der Waals surface area (Å²) in [6, 6.07) is 8.97. The van der Waals surface area contributed by atoms with Crippen LogP contribution in [-0.2, 0) is 11.2 Å². The van der Waals surface area contributed by atoms with E-state index in [2.05, 4.69) is 48.6 Å². The zero-order chi connectivity index (χ0) is 13.7. The molecule has 0 amide bonds. The van der Waals surface area contributed by atoms with Gasteiger partial charge in [0.25, 0.3) is 0 Å². The first-order valence-electron chi connectivity index (χ1n) is 6.69. The second-order valence-electron chi connectivity index (χ2n) is 5.00. The highest BCUT2D eigenvalue weighted by molar-refractivity contribution is 7.99. The normalized spacial score (nSPS) is 20.2. The van der Waals surface area contributed by atoms with Crippen LogP contribution in [0.1, 0.15) is 12.5 Å². The van der Waals surface area contributed by atoms with Crippen molar-refractivity contribution in [3.8, 4) is 0 Å². The number of thioether (sulfide) groups is 2. The Labute approximate surface area is 125 Å². The fraction of sp³-hybridized carbons (Fsp3) is 0.600. The number of morpholine rings is 1. The quantitative estimate of drug-likeness (QED) is 0.772. The minimum absolute atomic E-state index is 0.171. The molecular weight excluding hydrogens is 274 g/mol. The number of benzene rings is 1. The summed E-state index contributed by atoms with van der Waals surface area (Å²) in [6.07, 6.45) is 5.42. The molecular formula is C15H23NOS2. The lowest BCUT2D eigenvalue weighted by atomic mass is 10.0. The molecule has 1 heterocycles. The third-order valence-corrected chi connectivity index (χ3v) is 5.84. The van der Waals surface area contributed by atoms with Crippen LogP contribution in [0, 0.1) is 0 Å². The van der Waals surface area contributed by atoms with E-state index in [4.69, 9.17) is 4.74 Å². The summed E-state index contributed by atoms with van der Waals surface area (Å²) < 4.78 is 5.47. The molecule has 0 aliphatic carbocycles. The van der Waals surface area contributed by atoms with Gasteiger partial charge in [-0.3, -0.25) is 4.90 Å². The van der Waals surface area contributed by atoms with Crippen molar-refractivity contribution in [3.05, 3.63) is 29.8 Å². The number of ether oxygens (including phenoxy) is 1. The summed E-state index contributed by atoms with van der Waals surface area (Å²) in [5.74, 6) is 0. The molecule has 4 heteroatoms. The molecule has 0 radical (unpaired) electrons. The zero-order valence-corrected chi connectivity index (χ0v) is 13.6. The number of rotatable bonds is 5. The van der Waals surface area contributed by atoms with Crippen molar-refractivity contribution in [1.82, 2.24) is 4.90 Å². The van der Waals surface area contributed by atoms with E-state index in [-0.39, 0.29) is 4.87 Å². The largest absolute Gasteiger partial charge is 0.379 e. The summed E-state index contributed by atoms with van der Waals surface area (Å²) in [7, 11) is 0. The molecule has 1 unspecified atom stereocenters. The molecule has 19 heavy (non-hydrogen) atoms. The Balaban J connectivity index is 2.07. The first-order chi connectivity index (χ1) is 9.18. The monoisotopic (exact) mass is 297 g/mol. The van der Waals surface area contributed by atoms with Crippen LogP contribution in [0.3, 0.4) is 0 Å². The summed E-state index contributed by atoms with van der Waals surface area (Å²) in [5.41, 5.74) is 1.42. The number of nitrogens with zero attached hydrogens (tertiary/aromatic N) is 1. The predicted octanol–water partition coefficient (Wildman–Crippen LogP) is 3.36. The molecule has 1 saturated heterocycles. The van der Waals surface area contributed by atoms with Gasteiger partial charge in [-0.15, -0.1) is 23.5 Å². The maximum atomic E-state index is 5.47. The Morgan fingerprint density at radius 2 is 1.79 bits per heavy atom. The third-order valence-electron chi connectivity index (χ3n) is 3.81. The molecule has 0 saturated carbocycles. The Hall–Kier alpha value is -0.160. The Kier molecular flexibility index (Phi) is 5.63. The maximum absolute atomic E-state index is 5.47. The van der Waals surface area contributed by atoms with Crippen LogP contribution in [0.5, 0.6) is 0 Å². The van der Waals surface area contributed by atoms with E-state index in [1.54, 1.807) is 11.8 Å². The zero-order valence-electron chi connectivity index (χ0n) is 12.0. The van der Waals surface area contributed by atoms with Crippen molar-refractivity contribution in [2.45, 2.75) is 23.1 Å². The Bertz CT molecular complexity index is 390. The summed E-state index contributed by atoms with van der Waals surface area (Å²) in [4.78, 5) is 4.06. The van der Waals surface area contributed by atoms with Crippen LogP contribution in [0.4, 0.5) is 0 Å². The van der Waals surface area contributed by atoms with E-state index in [0.717, 1.165) is 32.7 Å². The SMILES string of the molecule is CSc1ccc(CC(C)(SC)N2CCOCC2)cc1. The summed E-state index contributed by atoms with van der Waals surface area (Å²) in [5, 5.41) is 0. The van der Waals surface area contributed by atoms with Crippen molar-refractivity contribution >= 4 is 23.5 Å². The Morgan fingerprint density at radius 1 is 1.16 bits per heavy atom. The van der Waals surface area contributed by atoms with Crippen LogP contribution >= 0.6 is 23.5 Å². The average molecular weight is 297 g/mol. The van der Waals surface area contributed by atoms with Crippen molar-refractivity contribution in [2.24, 2.45) is 0 Å². The van der Waals surface area contributed by atoms with Gasteiger partial charge in [-0.25, -0.2) is 0 Å². The lowest BCUT2D eigenvalue weighted by Crippen LogP contribution is -2.50. The molecule has 106 valence electrons. The maximum Gasteiger partial charge on any atom is 0.0681 e. The molecule has 2 nitrogen and oxygen atoms in total. The molecule has 1 aromatic rings. The van der Waals surface area contributed by atoms with Crippen LogP contribution in [0.2, 0.25) is 0 Å². The van der Waals surface area contributed by atoms with E-state index in [1.807, 2.05) is 11.8 Å². The topological polar surface area (TPSA) is 12.5 Å². The molecule has 1 aliphatic heterocycles. The fourth-order valence-electron chi connectivity index (χ4n) is 2.47. The van der Waals surface area contributed by atoms with Crippen molar-refractivity contribution < 1.29 is 4.74 Å². The first-order valence-corrected chi connectivity index (χ1v) is 9.14.